The second-order valence-electron chi connectivity index (χ2n) is 5.70. The second kappa shape index (κ2) is 6.10. The summed E-state index contributed by atoms with van der Waals surface area (Å²) in [6.07, 6.45) is 1.96. The van der Waals surface area contributed by atoms with Gasteiger partial charge in [0.15, 0.2) is 17.5 Å². The molecule has 1 amide bonds. The van der Waals surface area contributed by atoms with Gasteiger partial charge in [-0.1, -0.05) is 0 Å². The molecule has 5 nitrogen and oxygen atoms in total. The molecule has 2 aromatic rings. The molecule has 24 heavy (non-hydrogen) atoms. The maximum absolute atomic E-state index is 13.6. The molecular weight excluding hydrogens is 323 g/mol. The summed E-state index contributed by atoms with van der Waals surface area (Å²) in [6.45, 7) is 1.41. The first-order valence-corrected chi connectivity index (χ1v) is 7.42. The number of nitrogens with zero attached hydrogens (tertiary/aromatic N) is 2. The number of rotatable bonds is 4. The molecule has 1 aliphatic rings. The van der Waals surface area contributed by atoms with Crippen LogP contribution in [0.15, 0.2) is 29.1 Å². The number of aromatic nitrogens is 2. The van der Waals surface area contributed by atoms with Gasteiger partial charge in [-0.3, -0.25) is 9.59 Å². The summed E-state index contributed by atoms with van der Waals surface area (Å²) in [5.74, 6) is -5.00. The van der Waals surface area contributed by atoms with E-state index < -0.39 is 40.6 Å². The standard InChI is InChI=1S/C16H14F3N3O2/c1-8(22-13(23)7-6-11(21-22)9-2-3-9)16(24)20-12-5-4-10(17)14(18)15(12)19/h4-9H,2-3H2,1H3,(H,20,24). The second-order valence-corrected chi connectivity index (χ2v) is 5.70. The van der Waals surface area contributed by atoms with Crippen molar-refractivity contribution < 1.29 is 18.0 Å². The fourth-order valence-corrected chi connectivity index (χ4v) is 2.29. The number of benzene rings is 1. The molecule has 1 heterocycles. The number of amides is 1. The molecule has 1 atom stereocenters. The number of hydrogen-bond donors (Lipinski definition) is 1. The molecule has 0 spiro atoms. The van der Waals surface area contributed by atoms with Gasteiger partial charge in [0.1, 0.15) is 6.04 Å². The molecule has 8 heteroatoms. The van der Waals surface area contributed by atoms with E-state index in [0.717, 1.165) is 23.6 Å². The number of carbonyl (C=O) groups excluding carboxylic acids is 1. The highest BCUT2D eigenvalue weighted by molar-refractivity contribution is 5.93. The van der Waals surface area contributed by atoms with Crippen molar-refractivity contribution in [2.45, 2.75) is 31.7 Å². The molecule has 3 rings (SSSR count). The van der Waals surface area contributed by atoms with Gasteiger partial charge in [-0.2, -0.15) is 5.10 Å². The molecule has 0 radical (unpaired) electrons. The normalized spacial score (nSPS) is 15.2. The maximum Gasteiger partial charge on any atom is 0.267 e. The Hall–Kier alpha value is -2.64. The third-order valence-corrected chi connectivity index (χ3v) is 3.88. The van der Waals surface area contributed by atoms with Crippen LogP contribution in [0.3, 0.4) is 0 Å². The Bertz CT molecular complexity index is 862. The quantitative estimate of drug-likeness (QED) is 0.873. The molecule has 0 aliphatic heterocycles. The molecule has 1 aromatic carbocycles. The Kier molecular flexibility index (Phi) is 4.13. The summed E-state index contributed by atoms with van der Waals surface area (Å²) >= 11 is 0. The fourth-order valence-electron chi connectivity index (χ4n) is 2.29. The summed E-state index contributed by atoms with van der Waals surface area (Å²) in [5, 5.41) is 6.31. The Morgan fingerprint density at radius 3 is 2.58 bits per heavy atom. The largest absolute Gasteiger partial charge is 0.322 e. The van der Waals surface area contributed by atoms with Gasteiger partial charge in [0, 0.05) is 12.0 Å². The fraction of sp³-hybridized carbons (Fsp3) is 0.312. The number of anilines is 1. The van der Waals surface area contributed by atoms with Crippen LogP contribution in [-0.4, -0.2) is 15.7 Å². The lowest BCUT2D eigenvalue weighted by Crippen LogP contribution is -2.33. The smallest absolute Gasteiger partial charge is 0.267 e. The lowest BCUT2D eigenvalue weighted by Gasteiger charge is -2.15. The van der Waals surface area contributed by atoms with E-state index in [1.54, 1.807) is 6.07 Å². The van der Waals surface area contributed by atoms with Crippen molar-refractivity contribution in [2.75, 3.05) is 5.32 Å². The highest BCUT2D eigenvalue weighted by Crippen LogP contribution is 2.38. The number of carbonyl (C=O) groups is 1. The minimum atomic E-state index is -1.67. The molecule has 0 saturated heterocycles. The highest BCUT2D eigenvalue weighted by atomic mass is 19.2. The van der Waals surface area contributed by atoms with E-state index in [0.29, 0.717) is 11.8 Å². The van der Waals surface area contributed by atoms with Crippen LogP contribution in [0.5, 0.6) is 0 Å². The minimum Gasteiger partial charge on any atom is -0.322 e. The topological polar surface area (TPSA) is 64.0 Å². The first-order chi connectivity index (χ1) is 11.4. The molecular formula is C16H14F3N3O2. The SMILES string of the molecule is CC(C(=O)Nc1ccc(F)c(F)c1F)n1nc(C2CC2)ccc1=O. The lowest BCUT2D eigenvalue weighted by atomic mass is 10.2. The zero-order valence-corrected chi connectivity index (χ0v) is 12.7. The third kappa shape index (κ3) is 3.04. The van der Waals surface area contributed by atoms with Crippen LogP contribution in [0.25, 0.3) is 0 Å². The van der Waals surface area contributed by atoms with Gasteiger partial charge in [-0.25, -0.2) is 17.9 Å². The Balaban J connectivity index is 1.84. The molecule has 1 aliphatic carbocycles. The molecule has 1 N–H and O–H groups in total. The number of hydrogen-bond acceptors (Lipinski definition) is 3. The summed E-state index contributed by atoms with van der Waals surface area (Å²) in [7, 11) is 0. The van der Waals surface area contributed by atoms with Crippen LogP contribution >= 0.6 is 0 Å². The van der Waals surface area contributed by atoms with E-state index in [4.69, 9.17) is 0 Å². The van der Waals surface area contributed by atoms with Crippen LogP contribution in [0.4, 0.5) is 18.9 Å². The van der Waals surface area contributed by atoms with E-state index in [1.165, 1.54) is 13.0 Å². The third-order valence-electron chi connectivity index (χ3n) is 3.88. The van der Waals surface area contributed by atoms with E-state index >= 15 is 0 Å². The van der Waals surface area contributed by atoms with Crippen molar-refractivity contribution >= 4 is 11.6 Å². The van der Waals surface area contributed by atoms with Crippen molar-refractivity contribution in [3.05, 3.63) is 57.8 Å². The molecule has 1 aromatic heterocycles. The Morgan fingerprint density at radius 1 is 1.21 bits per heavy atom. The van der Waals surface area contributed by atoms with Crippen LogP contribution in [0.2, 0.25) is 0 Å². The molecule has 1 fully saturated rings. The predicted octanol–water partition coefficient (Wildman–Crippen LogP) is 2.74. The summed E-state index contributed by atoms with van der Waals surface area (Å²) in [6, 6.07) is 3.52. The van der Waals surface area contributed by atoms with Crippen LogP contribution in [0.1, 0.15) is 37.4 Å². The Morgan fingerprint density at radius 2 is 1.92 bits per heavy atom. The minimum absolute atomic E-state index is 0.288. The first-order valence-electron chi connectivity index (χ1n) is 7.42. The zero-order valence-electron chi connectivity index (χ0n) is 12.7. The van der Waals surface area contributed by atoms with Gasteiger partial charge in [-0.15, -0.1) is 0 Å². The van der Waals surface area contributed by atoms with E-state index in [2.05, 4.69) is 10.4 Å². The first kappa shape index (κ1) is 16.2. The summed E-state index contributed by atoms with van der Waals surface area (Å²) < 4.78 is 40.8. The monoisotopic (exact) mass is 337 g/mol. The van der Waals surface area contributed by atoms with Crippen molar-refractivity contribution in [3.63, 3.8) is 0 Å². The maximum atomic E-state index is 13.6. The van der Waals surface area contributed by atoms with Gasteiger partial charge in [-0.05, 0) is 38.0 Å². The predicted molar refractivity (Wildman–Crippen MR) is 80.1 cm³/mol. The van der Waals surface area contributed by atoms with Crippen molar-refractivity contribution in [2.24, 2.45) is 0 Å². The van der Waals surface area contributed by atoms with Crippen LogP contribution in [-0.2, 0) is 4.79 Å². The van der Waals surface area contributed by atoms with Crippen molar-refractivity contribution in [1.29, 1.82) is 0 Å². The van der Waals surface area contributed by atoms with Crippen molar-refractivity contribution in [3.8, 4) is 0 Å². The molecule has 1 saturated carbocycles. The van der Waals surface area contributed by atoms with E-state index in [9.17, 15) is 22.8 Å². The number of nitrogens with one attached hydrogen (secondary N) is 1. The van der Waals surface area contributed by atoms with Crippen molar-refractivity contribution in [1.82, 2.24) is 9.78 Å². The van der Waals surface area contributed by atoms with E-state index in [1.807, 2.05) is 0 Å². The molecule has 1 unspecified atom stereocenters. The van der Waals surface area contributed by atoms with Crippen LogP contribution in [0, 0.1) is 17.5 Å². The zero-order chi connectivity index (χ0) is 17.4. The summed E-state index contributed by atoms with van der Waals surface area (Å²) in [5.41, 5.74) is -0.266. The molecule has 0 bridgehead atoms. The average Bonchev–Trinajstić information content (AvgIpc) is 3.40. The van der Waals surface area contributed by atoms with Gasteiger partial charge in [0.2, 0.25) is 5.91 Å². The van der Waals surface area contributed by atoms with Gasteiger partial charge < -0.3 is 5.32 Å². The lowest BCUT2D eigenvalue weighted by molar-refractivity contribution is -0.119. The number of halogens is 3. The van der Waals surface area contributed by atoms with Gasteiger partial charge in [0.25, 0.3) is 5.56 Å². The molecule has 126 valence electrons. The summed E-state index contributed by atoms with van der Waals surface area (Å²) in [4.78, 5) is 24.1. The highest BCUT2D eigenvalue weighted by Gasteiger charge is 2.27. The van der Waals surface area contributed by atoms with Crippen LogP contribution < -0.4 is 10.9 Å². The van der Waals surface area contributed by atoms with Gasteiger partial charge >= 0.3 is 0 Å². The van der Waals surface area contributed by atoms with Gasteiger partial charge in [0.05, 0.1) is 11.4 Å². The Labute approximate surface area is 135 Å². The average molecular weight is 337 g/mol. The van der Waals surface area contributed by atoms with E-state index in [-0.39, 0.29) is 5.92 Å².